The lowest BCUT2D eigenvalue weighted by atomic mass is 10.0. The van der Waals surface area contributed by atoms with Crippen LogP contribution in [0.25, 0.3) is 0 Å². The van der Waals surface area contributed by atoms with Gasteiger partial charge in [-0.2, -0.15) is 11.8 Å². The molecule has 0 aromatic carbocycles. The van der Waals surface area contributed by atoms with E-state index in [1.807, 2.05) is 20.1 Å². The van der Waals surface area contributed by atoms with Gasteiger partial charge in [-0.3, -0.25) is 14.4 Å². The van der Waals surface area contributed by atoms with Gasteiger partial charge in [-0.1, -0.05) is 13.8 Å². The lowest BCUT2D eigenvalue weighted by Crippen LogP contribution is -2.59. The summed E-state index contributed by atoms with van der Waals surface area (Å²) in [5.74, 6) is -2.49. The summed E-state index contributed by atoms with van der Waals surface area (Å²) in [7, 11) is 0. The zero-order chi connectivity index (χ0) is 25.6. The monoisotopic (exact) mass is 491 g/mol. The third-order valence-corrected chi connectivity index (χ3v) is 5.58. The van der Waals surface area contributed by atoms with Gasteiger partial charge in [0.05, 0.1) is 12.1 Å². The van der Waals surface area contributed by atoms with Crippen molar-refractivity contribution in [3.05, 3.63) is 0 Å². The Kier molecular flexibility index (Phi) is 15.7. The molecule has 0 saturated heterocycles. The van der Waals surface area contributed by atoms with Crippen LogP contribution in [0.5, 0.6) is 0 Å². The van der Waals surface area contributed by atoms with E-state index in [1.54, 1.807) is 0 Å². The minimum absolute atomic E-state index is 0.0295. The maximum absolute atomic E-state index is 12.9. The molecule has 12 heteroatoms. The number of unbranched alkanes of at least 4 members (excludes halogenated alkanes) is 1. The van der Waals surface area contributed by atoms with E-state index in [4.69, 9.17) is 11.5 Å². The largest absolute Gasteiger partial charge is 0.480 e. The molecular formula is C21H41N5O6S. The molecule has 33 heavy (non-hydrogen) atoms. The van der Waals surface area contributed by atoms with Gasteiger partial charge in [-0.25, -0.2) is 4.79 Å². The fraction of sp³-hybridized carbons (Fsp3) is 0.810. The van der Waals surface area contributed by atoms with Crippen molar-refractivity contribution in [1.29, 1.82) is 0 Å². The summed E-state index contributed by atoms with van der Waals surface area (Å²) in [6, 6.07) is -4.33. The SMILES string of the molecule is CSCCC(N)C(=O)NC(C(=O)NC(CCCCN)C(=O)NC(CC(C)C)C(=O)O)C(C)O. The highest BCUT2D eigenvalue weighted by Gasteiger charge is 2.32. The van der Waals surface area contributed by atoms with Crippen molar-refractivity contribution in [2.75, 3.05) is 18.6 Å². The van der Waals surface area contributed by atoms with Crippen LogP contribution in [0, 0.1) is 5.92 Å². The predicted molar refractivity (Wildman–Crippen MR) is 128 cm³/mol. The molecule has 0 aliphatic rings. The van der Waals surface area contributed by atoms with Gasteiger partial charge >= 0.3 is 5.97 Å². The van der Waals surface area contributed by atoms with Crippen LogP contribution in [0.2, 0.25) is 0 Å². The first-order valence-corrected chi connectivity index (χ1v) is 12.6. The van der Waals surface area contributed by atoms with Gasteiger partial charge < -0.3 is 37.6 Å². The van der Waals surface area contributed by atoms with Crippen molar-refractivity contribution in [2.24, 2.45) is 17.4 Å². The Hall–Kier alpha value is -1.89. The number of aliphatic hydroxyl groups is 1. The lowest BCUT2D eigenvalue weighted by Gasteiger charge is -2.26. The van der Waals surface area contributed by atoms with Gasteiger partial charge in [-0.05, 0) is 63.5 Å². The van der Waals surface area contributed by atoms with Crippen LogP contribution in [-0.2, 0) is 19.2 Å². The molecule has 192 valence electrons. The Balaban J connectivity index is 5.39. The van der Waals surface area contributed by atoms with E-state index >= 15 is 0 Å². The Morgan fingerprint density at radius 3 is 2.00 bits per heavy atom. The summed E-state index contributed by atoms with van der Waals surface area (Å²) in [4.78, 5) is 49.5. The molecule has 0 radical (unpaired) electrons. The Morgan fingerprint density at radius 1 is 0.909 bits per heavy atom. The van der Waals surface area contributed by atoms with Gasteiger partial charge in [-0.15, -0.1) is 0 Å². The molecule has 9 N–H and O–H groups in total. The van der Waals surface area contributed by atoms with Crippen molar-refractivity contribution < 1.29 is 29.4 Å². The van der Waals surface area contributed by atoms with Crippen LogP contribution in [0.15, 0.2) is 0 Å². The number of nitrogens with two attached hydrogens (primary N) is 2. The Labute approximate surface area is 200 Å². The van der Waals surface area contributed by atoms with Gasteiger partial charge in [0, 0.05) is 0 Å². The van der Waals surface area contributed by atoms with E-state index < -0.39 is 54.0 Å². The van der Waals surface area contributed by atoms with Gasteiger partial charge in [0.25, 0.3) is 0 Å². The van der Waals surface area contributed by atoms with E-state index in [-0.39, 0.29) is 18.8 Å². The maximum Gasteiger partial charge on any atom is 0.326 e. The Morgan fingerprint density at radius 2 is 1.52 bits per heavy atom. The first kappa shape index (κ1) is 31.1. The molecule has 5 atom stereocenters. The second-order valence-corrected chi connectivity index (χ2v) is 9.48. The number of carboxylic acids is 1. The zero-order valence-electron chi connectivity index (χ0n) is 20.0. The molecule has 0 saturated carbocycles. The van der Waals surface area contributed by atoms with Crippen molar-refractivity contribution in [2.45, 2.75) is 83.1 Å². The summed E-state index contributed by atoms with van der Waals surface area (Å²) in [5.41, 5.74) is 11.3. The van der Waals surface area contributed by atoms with Crippen LogP contribution >= 0.6 is 11.8 Å². The van der Waals surface area contributed by atoms with Crippen LogP contribution in [0.3, 0.4) is 0 Å². The summed E-state index contributed by atoms with van der Waals surface area (Å²) in [6.45, 7) is 5.41. The number of carboxylic acid groups (broad SMARTS) is 1. The molecule has 0 rings (SSSR count). The third-order valence-electron chi connectivity index (χ3n) is 4.93. The van der Waals surface area contributed by atoms with Crippen LogP contribution in [0.4, 0.5) is 0 Å². The lowest BCUT2D eigenvalue weighted by molar-refractivity contribution is -0.143. The summed E-state index contributed by atoms with van der Waals surface area (Å²) >= 11 is 1.53. The number of carbonyl (C=O) groups is 4. The Bertz CT molecular complexity index is 634. The first-order chi connectivity index (χ1) is 15.4. The van der Waals surface area contributed by atoms with Gasteiger partial charge in [0.1, 0.15) is 18.1 Å². The van der Waals surface area contributed by atoms with E-state index in [9.17, 15) is 29.4 Å². The van der Waals surface area contributed by atoms with Crippen molar-refractivity contribution in [3.63, 3.8) is 0 Å². The molecule has 0 spiro atoms. The fourth-order valence-corrected chi connectivity index (χ4v) is 3.52. The minimum Gasteiger partial charge on any atom is -0.480 e. The predicted octanol–water partition coefficient (Wildman–Crippen LogP) is -0.838. The molecule has 0 aromatic rings. The number of hydrogen-bond acceptors (Lipinski definition) is 8. The average Bonchev–Trinajstić information content (AvgIpc) is 2.73. The molecular weight excluding hydrogens is 450 g/mol. The second-order valence-electron chi connectivity index (χ2n) is 8.49. The van der Waals surface area contributed by atoms with E-state index in [0.717, 1.165) is 0 Å². The van der Waals surface area contributed by atoms with Crippen LogP contribution in [0.1, 0.15) is 52.9 Å². The van der Waals surface area contributed by atoms with Gasteiger partial charge in [0.15, 0.2) is 0 Å². The molecule has 0 aliphatic carbocycles. The second kappa shape index (κ2) is 16.7. The highest BCUT2D eigenvalue weighted by atomic mass is 32.2. The minimum atomic E-state index is -1.33. The number of aliphatic hydroxyl groups excluding tert-OH is 1. The smallest absolute Gasteiger partial charge is 0.326 e. The number of nitrogens with one attached hydrogen (secondary N) is 3. The average molecular weight is 492 g/mol. The molecule has 0 heterocycles. The first-order valence-electron chi connectivity index (χ1n) is 11.2. The molecule has 11 nitrogen and oxygen atoms in total. The third kappa shape index (κ3) is 12.8. The molecule has 0 aliphatic heterocycles. The highest BCUT2D eigenvalue weighted by molar-refractivity contribution is 7.98. The molecule has 5 unspecified atom stereocenters. The van der Waals surface area contributed by atoms with E-state index in [1.165, 1.54) is 18.7 Å². The van der Waals surface area contributed by atoms with Crippen molar-refractivity contribution >= 4 is 35.5 Å². The standard InChI is InChI=1S/C21H41N5O6S/c1-12(2)11-16(21(31)32)25-19(29)15(7-5-6-9-22)24-20(30)17(13(3)27)26-18(28)14(23)8-10-33-4/h12-17,27H,5-11,22-23H2,1-4H3,(H,24,30)(H,25,29)(H,26,28)(H,31,32). The number of hydrogen-bond donors (Lipinski definition) is 7. The van der Waals surface area contributed by atoms with E-state index in [0.29, 0.717) is 31.6 Å². The molecule has 0 bridgehead atoms. The van der Waals surface area contributed by atoms with Crippen LogP contribution < -0.4 is 27.4 Å². The number of aliphatic carboxylic acids is 1. The highest BCUT2D eigenvalue weighted by Crippen LogP contribution is 2.08. The summed E-state index contributed by atoms with van der Waals surface area (Å²) < 4.78 is 0. The molecule has 0 aromatic heterocycles. The zero-order valence-corrected chi connectivity index (χ0v) is 20.8. The summed E-state index contributed by atoms with van der Waals surface area (Å²) in [6.07, 6.45) is 2.60. The molecule has 3 amide bonds. The van der Waals surface area contributed by atoms with Crippen molar-refractivity contribution in [3.8, 4) is 0 Å². The van der Waals surface area contributed by atoms with E-state index in [2.05, 4.69) is 16.0 Å². The number of amides is 3. The number of thioether (sulfide) groups is 1. The maximum atomic E-state index is 12.9. The van der Waals surface area contributed by atoms with Crippen LogP contribution in [-0.4, -0.2) is 82.7 Å². The fourth-order valence-electron chi connectivity index (χ4n) is 3.03. The van der Waals surface area contributed by atoms with Crippen molar-refractivity contribution in [1.82, 2.24) is 16.0 Å². The van der Waals surface area contributed by atoms with Gasteiger partial charge in [0.2, 0.25) is 17.7 Å². The normalized spacial score (nSPS) is 15.8. The summed E-state index contributed by atoms with van der Waals surface area (Å²) in [5, 5.41) is 26.9. The quantitative estimate of drug-likeness (QED) is 0.127. The molecule has 0 fully saturated rings. The number of rotatable bonds is 17. The topological polar surface area (TPSA) is 197 Å². The number of carbonyl (C=O) groups excluding carboxylic acids is 3.